The average molecular weight is 482 g/mol. The summed E-state index contributed by atoms with van der Waals surface area (Å²) in [6, 6.07) is 20.7. The number of aliphatic hydroxyl groups is 1. The van der Waals surface area contributed by atoms with Crippen LogP contribution in [0.5, 0.6) is 0 Å². The van der Waals surface area contributed by atoms with E-state index >= 15 is 0 Å². The van der Waals surface area contributed by atoms with Gasteiger partial charge in [0.1, 0.15) is 0 Å². The Labute approximate surface area is 215 Å². The fourth-order valence-electron chi connectivity index (χ4n) is 4.71. The van der Waals surface area contributed by atoms with E-state index in [1.807, 2.05) is 36.4 Å². The molecule has 2 aromatic rings. The first-order valence-electron chi connectivity index (χ1n) is 14.3. The zero-order valence-corrected chi connectivity index (χ0v) is 22.5. The normalized spacial score (nSPS) is 13.3. The molecule has 1 N–H and O–H groups in total. The van der Waals surface area contributed by atoms with Crippen molar-refractivity contribution in [1.29, 1.82) is 0 Å². The Kier molecular flexibility index (Phi) is 16.5. The first-order valence-corrected chi connectivity index (χ1v) is 14.3. The Morgan fingerprint density at radius 2 is 1.20 bits per heavy atom. The molecule has 0 aliphatic rings. The number of nitrogens with zero attached hydrogens (tertiary/aromatic N) is 1. The Bertz CT molecular complexity index is 721. The van der Waals surface area contributed by atoms with Crippen LogP contribution in [0.4, 0.5) is 0 Å². The van der Waals surface area contributed by atoms with Crippen LogP contribution in [0.3, 0.4) is 0 Å². The number of hydrogen-bond acceptors (Lipinski definition) is 3. The summed E-state index contributed by atoms with van der Waals surface area (Å²) in [4.78, 5) is 2.50. The van der Waals surface area contributed by atoms with Crippen LogP contribution in [-0.2, 0) is 11.3 Å². The molecule has 0 unspecified atom stereocenters. The van der Waals surface area contributed by atoms with Gasteiger partial charge in [0.25, 0.3) is 0 Å². The summed E-state index contributed by atoms with van der Waals surface area (Å²) < 4.78 is 5.77. The molecule has 0 aromatic heterocycles. The molecule has 0 saturated carbocycles. The second-order valence-corrected chi connectivity index (χ2v) is 10.1. The van der Waals surface area contributed by atoms with Crippen molar-refractivity contribution < 1.29 is 9.84 Å². The molecule has 0 bridgehead atoms. The molecule has 2 aromatic carbocycles. The Hall–Kier alpha value is -1.68. The fourth-order valence-corrected chi connectivity index (χ4v) is 4.71. The summed E-state index contributed by atoms with van der Waals surface area (Å²) >= 11 is 0. The highest BCUT2D eigenvalue weighted by atomic mass is 16.5. The van der Waals surface area contributed by atoms with E-state index in [9.17, 15) is 5.11 Å². The second kappa shape index (κ2) is 19.5. The summed E-state index contributed by atoms with van der Waals surface area (Å²) in [7, 11) is 0. The van der Waals surface area contributed by atoms with Gasteiger partial charge < -0.3 is 9.84 Å². The lowest BCUT2D eigenvalue weighted by molar-refractivity contribution is 0.0557. The topological polar surface area (TPSA) is 32.7 Å². The minimum Gasteiger partial charge on any atom is -0.387 e. The van der Waals surface area contributed by atoms with Crippen LogP contribution in [0, 0.1) is 0 Å². The van der Waals surface area contributed by atoms with Crippen LogP contribution < -0.4 is 0 Å². The Morgan fingerprint density at radius 1 is 0.686 bits per heavy atom. The maximum atomic E-state index is 10.9. The summed E-state index contributed by atoms with van der Waals surface area (Å²) in [5.74, 6) is 0. The van der Waals surface area contributed by atoms with Crippen LogP contribution in [0.25, 0.3) is 0 Å². The molecular weight excluding hydrogens is 430 g/mol. The molecule has 0 fully saturated rings. The van der Waals surface area contributed by atoms with E-state index in [1.165, 1.54) is 82.6 Å². The van der Waals surface area contributed by atoms with E-state index in [0.29, 0.717) is 0 Å². The zero-order chi connectivity index (χ0) is 25.0. The number of rotatable bonds is 21. The van der Waals surface area contributed by atoms with Crippen molar-refractivity contribution in [2.75, 3.05) is 19.7 Å². The van der Waals surface area contributed by atoms with Gasteiger partial charge in [0.15, 0.2) is 0 Å². The van der Waals surface area contributed by atoms with Gasteiger partial charge >= 0.3 is 0 Å². The molecule has 35 heavy (non-hydrogen) atoms. The number of hydrogen-bond donors (Lipinski definition) is 1. The third-order valence-electron chi connectivity index (χ3n) is 7.07. The number of benzene rings is 2. The summed E-state index contributed by atoms with van der Waals surface area (Å²) in [6.07, 6.45) is 15.1. The first-order chi connectivity index (χ1) is 17.2. The van der Waals surface area contributed by atoms with Crippen LogP contribution in [-0.4, -0.2) is 35.7 Å². The van der Waals surface area contributed by atoms with Crippen LogP contribution in [0.1, 0.15) is 108 Å². The molecule has 0 heterocycles. The maximum Gasteiger partial charge on any atom is 0.0942 e. The average Bonchev–Trinajstić information content (AvgIpc) is 2.90. The molecule has 0 saturated heterocycles. The minimum absolute atomic E-state index is 0.160. The smallest absolute Gasteiger partial charge is 0.0942 e. The van der Waals surface area contributed by atoms with E-state index < -0.39 is 6.10 Å². The predicted octanol–water partition coefficient (Wildman–Crippen LogP) is 8.33. The minimum atomic E-state index is -0.413. The van der Waals surface area contributed by atoms with Crippen molar-refractivity contribution in [3.63, 3.8) is 0 Å². The zero-order valence-electron chi connectivity index (χ0n) is 22.5. The largest absolute Gasteiger partial charge is 0.387 e. The second-order valence-electron chi connectivity index (χ2n) is 10.1. The highest BCUT2D eigenvalue weighted by Gasteiger charge is 2.22. The van der Waals surface area contributed by atoms with Gasteiger partial charge in [0.05, 0.1) is 12.7 Å². The standard InChI is InChI=1S/C32H51NO2/c1-3-4-25-33(29(2)32(34)31-23-17-14-18-24-31)26-19-11-9-7-5-6-8-10-12-20-27-35-28-30-21-15-13-16-22-30/h13-18,21-24,29,32,34H,3-12,19-20,25-28H2,1-2H3/t29-,32-/m1/s1. The van der Waals surface area contributed by atoms with Gasteiger partial charge in [0, 0.05) is 12.6 Å². The highest BCUT2D eigenvalue weighted by Crippen LogP contribution is 2.22. The lowest BCUT2D eigenvalue weighted by atomic mass is 10.0. The molecule has 3 nitrogen and oxygen atoms in total. The summed E-state index contributed by atoms with van der Waals surface area (Å²) in [5, 5.41) is 10.9. The van der Waals surface area contributed by atoms with Crippen molar-refractivity contribution in [3.05, 3.63) is 71.8 Å². The number of unbranched alkanes of at least 4 members (excludes halogenated alkanes) is 10. The van der Waals surface area contributed by atoms with Crippen LogP contribution in [0.2, 0.25) is 0 Å². The van der Waals surface area contributed by atoms with Gasteiger partial charge in [-0.15, -0.1) is 0 Å². The third kappa shape index (κ3) is 13.3. The molecule has 0 aliphatic heterocycles. The monoisotopic (exact) mass is 481 g/mol. The molecule has 0 aliphatic carbocycles. The van der Waals surface area contributed by atoms with Gasteiger partial charge in [0.2, 0.25) is 0 Å². The lowest BCUT2D eigenvalue weighted by Gasteiger charge is -2.32. The lowest BCUT2D eigenvalue weighted by Crippen LogP contribution is -2.39. The van der Waals surface area contributed by atoms with Crippen LogP contribution >= 0.6 is 0 Å². The molecule has 2 rings (SSSR count). The summed E-state index contributed by atoms with van der Waals surface area (Å²) in [5.41, 5.74) is 2.29. The van der Waals surface area contributed by atoms with Crippen LogP contribution in [0.15, 0.2) is 60.7 Å². The third-order valence-corrected chi connectivity index (χ3v) is 7.07. The SMILES string of the molecule is CCCCN(CCCCCCCCCCCCOCc1ccccc1)[C@H](C)[C@@H](O)c1ccccc1. The molecular formula is C32H51NO2. The van der Waals surface area contributed by atoms with E-state index in [0.717, 1.165) is 31.9 Å². The Balaban J connectivity index is 1.45. The van der Waals surface area contributed by atoms with E-state index in [1.54, 1.807) is 0 Å². The fraction of sp³-hybridized carbons (Fsp3) is 0.625. The quantitative estimate of drug-likeness (QED) is 0.182. The molecule has 196 valence electrons. The maximum absolute atomic E-state index is 10.9. The number of aliphatic hydroxyl groups excluding tert-OH is 1. The van der Waals surface area contributed by atoms with E-state index in [-0.39, 0.29) is 6.04 Å². The molecule has 2 atom stereocenters. The van der Waals surface area contributed by atoms with Gasteiger partial charge in [-0.1, -0.05) is 125 Å². The highest BCUT2D eigenvalue weighted by molar-refractivity contribution is 5.18. The molecule has 0 radical (unpaired) electrons. The van der Waals surface area contributed by atoms with Gasteiger partial charge in [-0.25, -0.2) is 0 Å². The molecule has 0 spiro atoms. The predicted molar refractivity (Wildman–Crippen MR) is 150 cm³/mol. The van der Waals surface area contributed by atoms with Gasteiger partial charge in [-0.05, 0) is 50.4 Å². The van der Waals surface area contributed by atoms with Crippen molar-refractivity contribution in [2.24, 2.45) is 0 Å². The summed E-state index contributed by atoms with van der Waals surface area (Å²) in [6.45, 7) is 8.23. The first kappa shape index (κ1) is 29.5. The van der Waals surface area contributed by atoms with Crippen molar-refractivity contribution in [2.45, 2.75) is 110 Å². The Morgan fingerprint density at radius 3 is 1.80 bits per heavy atom. The number of ether oxygens (including phenoxy) is 1. The molecule has 3 heteroatoms. The molecule has 0 amide bonds. The van der Waals surface area contributed by atoms with Crippen molar-refractivity contribution in [3.8, 4) is 0 Å². The van der Waals surface area contributed by atoms with Crippen molar-refractivity contribution >= 4 is 0 Å². The van der Waals surface area contributed by atoms with Crippen molar-refractivity contribution in [1.82, 2.24) is 4.90 Å². The van der Waals surface area contributed by atoms with Gasteiger partial charge in [-0.2, -0.15) is 0 Å². The van der Waals surface area contributed by atoms with E-state index in [4.69, 9.17) is 4.74 Å². The van der Waals surface area contributed by atoms with E-state index in [2.05, 4.69) is 43.0 Å². The van der Waals surface area contributed by atoms with Gasteiger partial charge in [-0.3, -0.25) is 4.90 Å².